The highest BCUT2D eigenvalue weighted by atomic mass is 16.3. The molecular weight excluding hydrogens is 258 g/mol. The topological polar surface area (TPSA) is 104 Å². The van der Waals surface area contributed by atoms with Crippen LogP contribution in [0.25, 0.3) is 0 Å². The Labute approximate surface area is 118 Å². The van der Waals surface area contributed by atoms with E-state index in [1.165, 1.54) is 0 Å². The maximum atomic E-state index is 11.9. The Hall–Kier alpha value is -2.08. The fourth-order valence-corrected chi connectivity index (χ4v) is 1.85. The number of anilines is 1. The van der Waals surface area contributed by atoms with E-state index in [2.05, 4.69) is 10.6 Å². The predicted molar refractivity (Wildman–Crippen MR) is 77.5 cm³/mol. The minimum Gasteiger partial charge on any atom is -0.388 e. The van der Waals surface area contributed by atoms with Gasteiger partial charge in [-0.2, -0.15) is 0 Å². The van der Waals surface area contributed by atoms with E-state index in [-0.39, 0.29) is 12.5 Å². The first kappa shape index (κ1) is 16.0. The molecule has 110 valence electrons. The number of aliphatic hydroxyl groups is 1. The quantitative estimate of drug-likeness (QED) is 0.633. The average molecular weight is 279 g/mol. The number of urea groups is 1. The molecule has 1 unspecified atom stereocenters. The molecule has 0 aliphatic rings. The molecule has 1 aromatic carbocycles. The third-order valence-electron chi connectivity index (χ3n) is 2.83. The molecule has 20 heavy (non-hydrogen) atoms. The first-order valence-corrected chi connectivity index (χ1v) is 6.51. The van der Waals surface area contributed by atoms with Crippen molar-refractivity contribution in [2.24, 2.45) is 5.73 Å². The summed E-state index contributed by atoms with van der Waals surface area (Å²) in [7, 11) is 0. The Bertz CT molecular complexity index is 469. The van der Waals surface area contributed by atoms with Gasteiger partial charge in [-0.05, 0) is 37.6 Å². The highest BCUT2D eigenvalue weighted by Gasteiger charge is 2.20. The lowest BCUT2D eigenvalue weighted by Gasteiger charge is -2.22. The molecule has 6 heteroatoms. The van der Waals surface area contributed by atoms with Crippen LogP contribution in [0, 0.1) is 0 Å². The van der Waals surface area contributed by atoms with E-state index < -0.39 is 11.6 Å². The van der Waals surface area contributed by atoms with Crippen LogP contribution in [0.5, 0.6) is 0 Å². The molecule has 1 atom stereocenters. The van der Waals surface area contributed by atoms with Gasteiger partial charge in [0.2, 0.25) is 0 Å². The molecule has 3 amide bonds. The molecule has 0 fully saturated rings. The summed E-state index contributed by atoms with van der Waals surface area (Å²) >= 11 is 0. The molecule has 0 aromatic heterocycles. The van der Waals surface area contributed by atoms with Gasteiger partial charge in [-0.3, -0.25) is 4.79 Å². The first-order chi connectivity index (χ1) is 9.34. The van der Waals surface area contributed by atoms with Crippen LogP contribution in [0.4, 0.5) is 10.5 Å². The van der Waals surface area contributed by atoms with Crippen molar-refractivity contribution in [3.05, 3.63) is 29.8 Å². The number of rotatable bonds is 6. The molecule has 0 spiro atoms. The molecule has 0 saturated heterocycles. The maximum Gasteiger partial charge on any atom is 0.316 e. The molecule has 0 saturated carbocycles. The summed E-state index contributed by atoms with van der Waals surface area (Å²) in [5.41, 5.74) is 5.06. The van der Waals surface area contributed by atoms with Gasteiger partial charge in [0.1, 0.15) is 0 Å². The minimum atomic E-state index is -0.905. The highest BCUT2D eigenvalue weighted by Crippen LogP contribution is 2.12. The lowest BCUT2D eigenvalue weighted by Crippen LogP contribution is -2.40. The zero-order valence-corrected chi connectivity index (χ0v) is 11.8. The molecule has 1 rings (SSSR count). The average Bonchev–Trinajstić information content (AvgIpc) is 2.36. The fourth-order valence-electron chi connectivity index (χ4n) is 1.85. The fraction of sp³-hybridized carbons (Fsp3) is 0.429. The number of hydrogen-bond acceptors (Lipinski definition) is 3. The molecular formula is C14H21N3O3. The van der Waals surface area contributed by atoms with Crippen molar-refractivity contribution in [1.82, 2.24) is 5.32 Å². The third-order valence-corrected chi connectivity index (χ3v) is 2.83. The summed E-state index contributed by atoms with van der Waals surface area (Å²) in [6, 6.07) is 5.68. The summed E-state index contributed by atoms with van der Waals surface area (Å²) in [5.74, 6) is -0.271. The molecule has 0 radical (unpaired) electrons. The van der Waals surface area contributed by atoms with Gasteiger partial charge < -0.3 is 21.5 Å². The van der Waals surface area contributed by atoms with Crippen molar-refractivity contribution in [3.63, 3.8) is 0 Å². The summed E-state index contributed by atoms with van der Waals surface area (Å²) in [6.07, 6.45) is 1.46. The van der Waals surface area contributed by atoms with E-state index >= 15 is 0 Å². The van der Waals surface area contributed by atoms with Crippen LogP contribution in [0.15, 0.2) is 24.3 Å². The number of carbonyl (C=O) groups is 2. The predicted octanol–water partition coefficient (Wildman–Crippen LogP) is 1.46. The summed E-state index contributed by atoms with van der Waals surface area (Å²) in [4.78, 5) is 22.6. The molecule has 5 N–H and O–H groups in total. The largest absolute Gasteiger partial charge is 0.388 e. The van der Waals surface area contributed by atoms with Crippen molar-refractivity contribution in [2.75, 3.05) is 11.9 Å². The number of carbonyl (C=O) groups excluding carboxylic acids is 2. The number of nitrogens with two attached hydrogens (primary N) is 1. The second kappa shape index (κ2) is 6.91. The Kier molecular flexibility index (Phi) is 5.52. The van der Waals surface area contributed by atoms with Crippen LogP contribution in [-0.4, -0.2) is 29.2 Å². The van der Waals surface area contributed by atoms with Gasteiger partial charge in [0.05, 0.1) is 5.60 Å². The second-order valence-electron chi connectivity index (χ2n) is 5.00. The van der Waals surface area contributed by atoms with E-state index in [9.17, 15) is 14.7 Å². The molecule has 6 nitrogen and oxygen atoms in total. The number of hydrogen-bond donors (Lipinski definition) is 4. The van der Waals surface area contributed by atoms with Crippen molar-refractivity contribution >= 4 is 17.6 Å². The van der Waals surface area contributed by atoms with Gasteiger partial charge in [-0.1, -0.05) is 13.3 Å². The Morgan fingerprint density at radius 2 is 1.90 bits per heavy atom. The van der Waals surface area contributed by atoms with Crippen molar-refractivity contribution < 1.29 is 14.7 Å². The van der Waals surface area contributed by atoms with Crippen LogP contribution < -0.4 is 16.4 Å². The zero-order chi connectivity index (χ0) is 15.2. The molecule has 1 aromatic rings. The smallest absolute Gasteiger partial charge is 0.316 e. The van der Waals surface area contributed by atoms with Crippen LogP contribution in [0.2, 0.25) is 0 Å². The van der Waals surface area contributed by atoms with Gasteiger partial charge in [-0.25, -0.2) is 4.79 Å². The Morgan fingerprint density at radius 3 is 2.40 bits per heavy atom. The number of primary amides is 1. The first-order valence-electron chi connectivity index (χ1n) is 6.51. The van der Waals surface area contributed by atoms with Crippen molar-refractivity contribution in [3.8, 4) is 0 Å². The summed E-state index contributed by atoms with van der Waals surface area (Å²) in [5, 5.41) is 15.1. The van der Waals surface area contributed by atoms with Crippen LogP contribution in [0.3, 0.4) is 0 Å². The maximum absolute atomic E-state index is 11.9. The van der Waals surface area contributed by atoms with Gasteiger partial charge in [0, 0.05) is 17.8 Å². The van der Waals surface area contributed by atoms with Crippen LogP contribution in [-0.2, 0) is 0 Å². The Morgan fingerprint density at radius 1 is 1.30 bits per heavy atom. The lowest BCUT2D eigenvalue weighted by atomic mass is 10.0. The van der Waals surface area contributed by atoms with Gasteiger partial charge in [0.15, 0.2) is 0 Å². The zero-order valence-electron chi connectivity index (χ0n) is 11.8. The number of nitrogens with one attached hydrogen (secondary N) is 2. The third kappa shape index (κ3) is 5.27. The second-order valence-corrected chi connectivity index (χ2v) is 5.00. The molecule has 0 heterocycles. The molecule has 0 bridgehead atoms. The lowest BCUT2D eigenvalue weighted by molar-refractivity contribution is 0.0469. The van der Waals surface area contributed by atoms with Gasteiger partial charge in [0.25, 0.3) is 5.91 Å². The van der Waals surface area contributed by atoms with Gasteiger partial charge in [-0.15, -0.1) is 0 Å². The van der Waals surface area contributed by atoms with Crippen LogP contribution in [0.1, 0.15) is 37.0 Å². The van der Waals surface area contributed by atoms with E-state index in [1.54, 1.807) is 31.2 Å². The summed E-state index contributed by atoms with van der Waals surface area (Å²) < 4.78 is 0. The molecule has 0 aliphatic heterocycles. The highest BCUT2D eigenvalue weighted by molar-refractivity contribution is 5.95. The SMILES string of the molecule is CCCC(C)(O)CNC(=O)c1ccc(NC(N)=O)cc1. The monoisotopic (exact) mass is 279 g/mol. The normalized spacial score (nSPS) is 13.3. The Balaban J connectivity index is 2.57. The van der Waals surface area contributed by atoms with E-state index in [0.29, 0.717) is 17.7 Å². The van der Waals surface area contributed by atoms with E-state index in [0.717, 1.165) is 6.42 Å². The summed E-state index contributed by atoms with van der Waals surface area (Å²) in [6.45, 7) is 3.86. The van der Waals surface area contributed by atoms with E-state index in [1.807, 2.05) is 6.92 Å². The van der Waals surface area contributed by atoms with Crippen molar-refractivity contribution in [2.45, 2.75) is 32.3 Å². The van der Waals surface area contributed by atoms with Crippen LogP contribution >= 0.6 is 0 Å². The van der Waals surface area contributed by atoms with Crippen molar-refractivity contribution in [1.29, 1.82) is 0 Å². The standard InChI is InChI=1S/C14H21N3O3/c1-3-8-14(2,20)9-16-12(18)10-4-6-11(7-5-10)17-13(15)19/h4-7,20H,3,8-9H2,1-2H3,(H,16,18)(H3,15,17,19). The number of amides is 3. The number of benzene rings is 1. The van der Waals surface area contributed by atoms with Gasteiger partial charge >= 0.3 is 6.03 Å². The minimum absolute atomic E-state index is 0.195. The van der Waals surface area contributed by atoms with E-state index in [4.69, 9.17) is 5.73 Å². The molecule has 0 aliphatic carbocycles.